The number of hydrogen-bond acceptors (Lipinski definition) is 4. The fraction of sp³-hybridized carbons (Fsp3) is 0.438. The van der Waals surface area contributed by atoms with Crippen molar-refractivity contribution in [3.8, 4) is 0 Å². The van der Waals surface area contributed by atoms with Crippen LogP contribution in [0.4, 0.5) is 0 Å². The number of fused-ring (bicyclic) bond motifs is 2. The average Bonchev–Trinajstić information content (AvgIpc) is 2.83. The third-order valence-corrected chi connectivity index (χ3v) is 6.77. The van der Waals surface area contributed by atoms with Gasteiger partial charge in [0.25, 0.3) is 0 Å². The second kappa shape index (κ2) is 5.76. The average molecular weight is 327 g/mol. The van der Waals surface area contributed by atoms with Gasteiger partial charge in [0.05, 0.1) is 0 Å². The van der Waals surface area contributed by atoms with Crippen LogP contribution in [0.1, 0.15) is 28.1 Å². The molecule has 3 atom stereocenters. The Balaban J connectivity index is 0.00000132. The van der Waals surface area contributed by atoms with Crippen LogP contribution in [0.5, 0.6) is 0 Å². The maximum Gasteiger partial charge on any atom is 1.00 e. The van der Waals surface area contributed by atoms with Gasteiger partial charge in [-0.25, -0.2) is 4.79 Å². The van der Waals surface area contributed by atoms with Gasteiger partial charge in [0.1, 0.15) is 0 Å². The summed E-state index contributed by atoms with van der Waals surface area (Å²) in [6, 6.07) is 8.42. The molecule has 0 saturated heterocycles. The normalized spacial score (nSPS) is 29.2. The van der Waals surface area contributed by atoms with Gasteiger partial charge in [0.2, 0.25) is 11.6 Å². The van der Waals surface area contributed by atoms with Gasteiger partial charge in [-0.2, -0.15) is 0 Å². The molecular weight excluding hydrogens is 310 g/mol. The van der Waals surface area contributed by atoms with Crippen LogP contribution < -0.4 is 34.9 Å². The van der Waals surface area contributed by atoms with E-state index in [1.54, 1.807) is 44.2 Å². The topological polar surface area (TPSA) is 68.3 Å². The van der Waals surface area contributed by atoms with Crippen molar-refractivity contribution in [1.82, 2.24) is 0 Å². The summed E-state index contributed by atoms with van der Waals surface area (Å²) in [4.78, 5) is 37.3. The molecule has 2 bridgehead atoms. The largest absolute Gasteiger partial charge is 1.00 e. The Morgan fingerprint density at radius 2 is 1.82 bits per heavy atom. The summed E-state index contributed by atoms with van der Waals surface area (Å²) in [6.45, 7) is 3.55. The predicted molar refractivity (Wildman–Crippen MR) is 78.8 cm³/mol. The van der Waals surface area contributed by atoms with Crippen molar-refractivity contribution >= 4 is 30.2 Å². The molecule has 22 heavy (non-hydrogen) atoms. The van der Waals surface area contributed by atoms with E-state index in [2.05, 4.69) is 0 Å². The number of rotatable bonds is 3. The summed E-state index contributed by atoms with van der Waals surface area (Å²) in [5, 5.41) is 0.415. The van der Waals surface area contributed by atoms with Crippen LogP contribution in [0.2, 0.25) is 0 Å². The van der Waals surface area contributed by atoms with Crippen molar-refractivity contribution in [2.24, 2.45) is 16.7 Å². The van der Waals surface area contributed by atoms with E-state index in [9.17, 15) is 18.9 Å². The monoisotopic (exact) mass is 327 g/mol. The molecule has 1 aromatic rings. The molecule has 6 heteroatoms. The zero-order chi connectivity index (χ0) is 15.4. The minimum atomic E-state index is -2.34. The van der Waals surface area contributed by atoms with Crippen molar-refractivity contribution < 1.29 is 49.9 Å². The molecule has 110 valence electrons. The smallest absolute Gasteiger partial charge is 1.00 e. The molecule has 0 spiro atoms. The predicted octanol–water partition coefficient (Wildman–Crippen LogP) is -0.643. The number of carbonyl (C=O) groups is 3. The third-order valence-electron chi connectivity index (χ3n) is 5.25. The minimum Gasteiger partial charge on any atom is -1.00 e. The van der Waals surface area contributed by atoms with E-state index in [-0.39, 0.29) is 31.0 Å². The van der Waals surface area contributed by atoms with Crippen LogP contribution in [-0.4, -0.2) is 17.1 Å². The van der Waals surface area contributed by atoms with Gasteiger partial charge in [0, 0.05) is 5.92 Å². The number of ketones is 2. The van der Waals surface area contributed by atoms with E-state index in [1.165, 1.54) is 0 Å². The number of Topliss-reactive ketones (excluding diaryl/α,β-unsaturated/α-hetero) is 2. The van der Waals surface area contributed by atoms with Crippen molar-refractivity contribution in [1.29, 1.82) is 0 Å². The van der Waals surface area contributed by atoms with Gasteiger partial charge < -0.3 is 1.43 Å². The zero-order valence-corrected chi connectivity index (χ0v) is 15.9. The molecule has 4 nitrogen and oxygen atoms in total. The molecule has 3 rings (SSSR count). The Bertz CT molecular complexity index is 689. The second-order valence-corrected chi connectivity index (χ2v) is 7.86. The van der Waals surface area contributed by atoms with Gasteiger partial charge in [-0.3, -0.25) is 9.59 Å². The van der Waals surface area contributed by atoms with Crippen LogP contribution in [0, 0.1) is 16.7 Å². The van der Waals surface area contributed by atoms with Crippen LogP contribution >= 0.6 is 7.80 Å². The van der Waals surface area contributed by atoms with Crippen LogP contribution in [0.25, 0.3) is 0 Å². The van der Waals surface area contributed by atoms with Gasteiger partial charge >= 0.3 is 42.9 Å². The van der Waals surface area contributed by atoms with E-state index in [0.29, 0.717) is 18.1 Å². The molecule has 2 aliphatic rings. The molecule has 1 aromatic carbocycles. The molecule has 2 fully saturated rings. The quantitative estimate of drug-likeness (QED) is 0.320. The first-order valence-corrected chi connectivity index (χ1v) is 8.25. The zero-order valence-electron chi connectivity index (χ0n) is 14.0. The minimum absolute atomic E-state index is 0. The standard InChI is InChI=1S/C16H16O4P.Na.H/c1-15(2)11-8-9-16(15,13(18)12(11)17)14(19)21(20)10-6-4-3-5-7-10;;/h3-7,11H,8-9H2,1-2H3;;/q2*+1;-1. The first-order chi connectivity index (χ1) is 9.84. The molecule has 0 heterocycles. The molecular formula is C16H17NaO4P+. The van der Waals surface area contributed by atoms with Gasteiger partial charge in [-0.05, 0) is 30.4 Å². The first kappa shape index (κ1) is 17.7. The van der Waals surface area contributed by atoms with Crippen molar-refractivity contribution in [3.63, 3.8) is 0 Å². The SMILES string of the molecule is CC1(C)C2CCC1(C(=O)[P+](=O)c1ccccc1)C(=O)C2=O.[H-].[Na+]. The first-order valence-electron chi connectivity index (χ1n) is 6.99. The maximum absolute atomic E-state index is 12.8. The van der Waals surface area contributed by atoms with E-state index >= 15 is 0 Å². The fourth-order valence-corrected chi connectivity index (χ4v) is 5.43. The van der Waals surface area contributed by atoms with Gasteiger partial charge in [-0.15, -0.1) is 0 Å². The Morgan fingerprint density at radius 1 is 1.23 bits per heavy atom. The summed E-state index contributed by atoms with van der Waals surface area (Å²) in [7, 11) is -2.34. The van der Waals surface area contributed by atoms with Crippen molar-refractivity contribution in [2.45, 2.75) is 26.7 Å². The second-order valence-electron chi connectivity index (χ2n) is 6.35. The Hall–Kier alpha value is -0.670. The van der Waals surface area contributed by atoms with Crippen LogP contribution in [0.15, 0.2) is 30.3 Å². The molecule has 3 unspecified atom stereocenters. The number of hydrogen-bond donors (Lipinski definition) is 0. The molecule has 0 radical (unpaired) electrons. The molecule has 2 aliphatic carbocycles. The molecule has 2 saturated carbocycles. The summed E-state index contributed by atoms with van der Waals surface area (Å²) in [6.07, 6.45) is 0.864. The van der Waals surface area contributed by atoms with Crippen molar-refractivity contribution in [3.05, 3.63) is 30.3 Å². The fourth-order valence-electron chi connectivity index (χ4n) is 3.91. The molecule has 0 N–H and O–H groups in total. The molecule has 0 amide bonds. The van der Waals surface area contributed by atoms with Crippen molar-refractivity contribution in [2.75, 3.05) is 0 Å². The third kappa shape index (κ3) is 2.05. The van der Waals surface area contributed by atoms with E-state index in [1.807, 2.05) is 0 Å². The van der Waals surface area contributed by atoms with E-state index in [0.717, 1.165) is 0 Å². The summed E-state index contributed by atoms with van der Waals surface area (Å²) in [5.41, 5.74) is -2.71. The van der Waals surface area contributed by atoms with Crippen LogP contribution in [-0.2, 0) is 18.9 Å². The molecule has 0 aliphatic heterocycles. The summed E-state index contributed by atoms with van der Waals surface area (Å²) < 4.78 is 12.6. The number of carbonyl (C=O) groups excluding carboxylic acids is 3. The Morgan fingerprint density at radius 3 is 2.32 bits per heavy atom. The van der Waals surface area contributed by atoms with Crippen LogP contribution in [0.3, 0.4) is 0 Å². The summed E-state index contributed by atoms with van der Waals surface area (Å²) in [5.74, 6) is -1.50. The number of benzene rings is 1. The maximum atomic E-state index is 12.8. The van der Waals surface area contributed by atoms with E-state index < -0.39 is 41.6 Å². The van der Waals surface area contributed by atoms with E-state index in [4.69, 9.17) is 0 Å². The molecule has 0 aromatic heterocycles. The van der Waals surface area contributed by atoms with Gasteiger partial charge in [0.15, 0.2) is 10.7 Å². The van der Waals surface area contributed by atoms with Gasteiger partial charge in [-0.1, -0.05) is 36.6 Å². The summed E-state index contributed by atoms with van der Waals surface area (Å²) >= 11 is 0. The Kier molecular flexibility index (Phi) is 4.63. The Labute approximate surface area is 153 Å².